The van der Waals surface area contributed by atoms with Gasteiger partial charge in [-0.25, -0.2) is 13.8 Å². The van der Waals surface area contributed by atoms with Crippen molar-refractivity contribution in [2.45, 2.75) is 57.6 Å². The van der Waals surface area contributed by atoms with Crippen LogP contribution in [0.1, 0.15) is 56.5 Å². The zero-order valence-corrected chi connectivity index (χ0v) is 20.3. The van der Waals surface area contributed by atoms with Gasteiger partial charge in [0.2, 0.25) is 0 Å². The predicted octanol–water partition coefficient (Wildman–Crippen LogP) is 4.66. The number of halogens is 2. The molecule has 184 valence electrons. The van der Waals surface area contributed by atoms with E-state index in [4.69, 9.17) is 4.98 Å². The van der Waals surface area contributed by atoms with Crippen LogP contribution in [0.15, 0.2) is 49.1 Å². The molecule has 0 saturated heterocycles. The number of rotatable bonds is 5. The van der Waals surface area contributed by atoms with Crippen LogP contribution in [0.5, 0.6) is 0 Å². The van der Waals surface area contributed by atoms with Gasteiger partial charge in [0.05, 0.1) is 58.8 Å². The lowest BCUT2D eigenvalue weighted by molar-refractivity contribution is 0.168. The lowest BCUT2D eigenvalue weighted by Crippen LogP contribution is -2.38. The fourth-order valence-corrected chi connectivity index (χ4v) is 6.33. The molecule has 1 fully saturated rings. The Hall–Kier alpha value is -3.59. The Bertz CT molecular complexity index is 1460. The van der Waals surface area contributed by atoms with E-state index < -0.39 is 23.2 Å². The van der Waals surface area contributed by atoms with Gasteiger partial charge >= 0.3 is 0 Å². The first kappa shape index (κ1) is 22.8. The number of nitrogens with zero attached hydrogens (tertiary/aromatic N) is 6. The van der Waals surface area contributed by atoms with Crippen LogP contribution in [-0.2, 0) is 12.0 Å². The number of hydrogen-bond donors (Lipinski definition) is 1. The molecule has 3 atom stereocenters. The van der Waals surface area contributed by atoms with E-state index in [-0.39, 0.29) is 22.6 Å². The average Bonchev–Trinajstić information content (AvgIpc) is 3.46. The summed E-state index contributed by atoms with van der Waals surface area (Å²) in [7, 11) is 0. The molecule has 3 heterocycles. The van der Waals surface area contributed by atoms with E-state index in [1.807, 2.05) is 6.20 Å². The summed E-state index contributed by atoms with van der Waals surface area (Å²) in [6.45, 7) is 6.50. The molecular formula is C27H26F2N6O. The van der Waals surface area contributed by atoms with Gasteiger partial charge in [0.1, 0.15) is 11.6 Å². The number of benzene rings is 1. The maximum atomic E-state index is 14.5. The summed E-state index contributed by atoms with van der Waals surface area (Å²) in [4.78, 5) is 9.54. The molecule has 6 rings (SSSR count). The van der Waals surface area contributed by atoms with Crippen molar-refractivity contribution in [3.63, 3.8) is 0 Å². The van der Waals surface area contributed by atoms with E-state index in [2.05, 4.69) is 34.1 Å². The Kier molecular flexibility index (Phi) is 5.05. The predicted molar refractivity (Wildman–Crippen MR) is 129 cm³/mol. The highest BCUT2D eigenvalue weighted by molar-refractivity contribution is 5.64. The summed E-state index contributed by atoms with van der Waals surface area (Å²) in [5.74, 6) is -1.16. The van der Waals surface area contributed by atoms with Gasteiger partial charge < -0.3 is 5.11 Å². The second-order valence-electron chi connectivity index (χ2n) is 10.4. The number of aliphatic hydroxyl groups excluding tert-OH is 1. The zero-order valence-electron chi connectivity index (χ0n) is 20.3. The maximum absolute atomic E-state index is 14.5. The molecule has 2 aliphatic rings. The largest absolute Gasteiger partial charge is 0.391 e. The van der Waals surface area contributed by atoms with Gasteiger partial charge in [-0.3, -0.25) is 9.67 Å². The van der Waals surface area contributed by atoms with Crippen molar-refractivity contribution in [2.75, 3.05) is 0 Å². The minimum absolute atomic E-state index is 0.149. The molecule has 1 saturated carbocycles. The molecule has 0 amide bonds. The fourth-order valence-electron chi connectivity index (χ4n) is 6.33. The van der Waals surface area contributed by atoms with E-state index in [0.717, 1.165) is 35.4 Å². The number of aromatic nitrogens is 6. The standard InChI is InChI=1S/C27H26F2N6O/c1-15(36)13-35-14-16(10-31-35)22-11-30-12-23(32-22)27-8-7-18(26(27,2)3)17-9-21(33-34-25(17)27)24-19(28)5-4-6-20(24)29/h4-6,9-12,14-15,18,36H,7-8,13H2,1-3H3/t15?,18-,27-/m0/s1. The van der Waals surface area contributed by atoms with Crippen molar-refractivity contribution in [1.29, 1.82) is 0 Å². The first-order chi connectivity index (χ1) is 17.2. The molecule has 1 N–H and O–H groups in total. The maximum Gasteiger partial charge on any atom is 0.135 e. The Morgan fingerprint density at radius 3 is 2.64 bits per heavy atom. The second-order valence-corrected chi connectivity index (χ2v) is 10.4. The number of hydrogen-bond acceptors (Lipinski definition) is 6. The lowest BCUT2D eigenvalue weighted by Gasteiger charge is -2.37. The molecule has 2 aliphatic carbocycles. The van der Waals surface area contributed by atoms with Crippen molar-refractivity contribution in [1.82, 2.24) is 29.9 Å². The molecule has 0 radical (unpaired) electrons. The Morgan fingerprint density at radius 2 is 1.89 bits per heavy atom. The lowest BCUT2D eigenvalue weighted by atomic mass is 9.66. The monoisotopic (exact) mass is 488 g/mol. The summed E-state index contributed by atoms with van der Waals surface area (Å²) in [5.41, 5.74) is 3.34. The van der Waals surface area contributed by atoms with Gasteiger partial charge in [0.25, 0.3) is 0 Å². The second kappa shape index (κ2) is 7.96. The molecular weight excluding hydrogens is 462 g/mol. The van der Waals surface area contributed by atoms with Gasteiger partial charge in [-0.05, 0) is 54.9 Å². The minimum atomic E-state index is -0.656. The summed E-state index contributed by atoms with van der Waals surface area (Å²) < 4.78 is 30.7. The van der Waals surface area contributed by atoms with Crippen LogP contribution in [0.4, 0.5) is 8.78 Å². The third-order valence-corrected chi connectivity index (χ3v) is 8.05. The summed E-state index contributed by atoms with van der Waals surface area (Å²) in [6, 6.07) is 5.61. The van der Waals surface area contributed by atoms with E-state index in [0.29, 0.717) is 12.2 Å². The van der Waals surface area contributed by atoms with E-state index in [1.165, 1.54) is 18.2 Å². The van der Waals surface area contributed by atoms with Crippen LogP contribution in [0, 0.1) is 17.0 Å². The van der Waals surface area contributed by atoms with E-state index >= 15 is 0 Å². The first-order valence-corrected chi connectivity index (χ1v) is 12.1. The Morgan fingerprint density at radius 1 is 1.11 bits per heavy atom. The molecule has 9 heteroatoms. The third-order valence-electron chi connectivity index (χ3n) is 8.05. The van der Waals surface area contributed by atoms with Gasteiger partial charge in [-0.2, -0.15) is 10.2 Å². The zero-order chi connectivity index (χ0) is 25.2. The van der Waals surface area contributed by atoms with Crippen molar-refractivity contribution in [3.8, 4) is 22.5 Å². The summed E-state index contributed by atoms with van der Waals surface area (Å²) in [6.07, 6.45) is 8.28. The molecule has 4 aromatic rings. The number of aliphatic hydroxyl groups is 1. The third kappa shape index (κ3) is 3.15. The normalized spacial score (nSPS) is 22.6. The summed E-state index contributed by atoms with van der Waals surface area (Å²) >= 11 is 0. The molecule has 1 aromatic carbocycles. The van der Waals surface area contributed by atoms with Gasteiger partial charge in [-0.15, -0.1) is 5.10 Å². The molecule has 2 bridgehead atoms. The van der Waals surface area contributed by atoms with E-state index in [9.17, 15) is 13.9 Å². The molecule has 1 unspecified atom stereocenters. The van der Waals surface area contributed by atoms with Crippen LogP contribution < -0.4 is 0 Å². The molecule has 0 aliphatic heterocycles. The van der Waals surface area contributed by atoms with Crippen molar-refractivity contribution in [2.24, 2.45) is 5.41 Å². The molecule has 7 nitrogen and oxygen atoms in total. The van der Waals surface area contributed by atoms with E-state index in [1.54, 1.807) is 36.3 Å². The highest BCUT2D eigenvalue weighted by Crippen LogP contribution is 2.69. The minimum Gasteiger partial charge on any atom is -0.391 e. The van der Waals surface area contributed by atoms with Gasteiger partial charge in [-0.1, -0.05) is 19.9 Å². The summed E-state index contributed by atoms with van der Waals surface area (Å²) in [5, 5.41) is 22.9. The van der Waals surface area contributed by atoms with Crippen LogP contribution in [0.3, 0.4) is 0 Å². The van der Waals surface area contributed by atoms with Crippen molar-refractivity contribution in [3.05, 3.63) is 77.6 Å². The smallest absolute Gasteiger partial charge is 0.135 e. The molecule has 36 heavy (non-hydrogen) atoms. The SMILES string of the molecule is CC(O)Cn1cc(-c2cncc([C@@]34CC[C@@H](c5cc(-c6c(F)cccc6F)nnc53)C4(C)C)n2)cn1. The quantitative estimate of drug-likeness (QED) is 0.440. The Balaban J connectivity index is 1.46. The van der Waals surface area contributed by atoms with Crippen molar-refractivity contribution < 1.29 is 13.9 Å². The van der Waals surface area contributed by atoms with Crippen molar-refractivity contribution >= 4 is 0 Å². The number of fused-ring (bicyclic) bond motifs is 5. The van der Waals surface area contributed by atoms with Crippen LogP contribution >= 0.6 is 0 Å². The van der Waals surface area contributed by atoms with Crippen LogP contribution in [-0.4, -0.2) is 41.2 Å². The van der Waals surface area contributed by atoms with Gasteiger partial charge in [0, 0.05) is 18.0 Å². The highest BCUT2D eigenvalue weighted by atomic mass is 19.1. The first-order valence-electron chi connectivity index (χ1n) is 12.1. The molecule has 0 spiro atoms. The van der Waals surface area contributed by atoms with Gasteiger partial charge in [0.15, 0.2) is 0 Å². The van der Waals surface area contributed by atoms with Crippen LogP contribution in [0.2, 0.25) is 0 Å². The average molecular weight is 489 g/mol. The molecule has 3 aromatic heterocycles. The topological polar surface area (TPSA) is 89.6 Å². The Labute approximate surface area is 207 Å². The van der Waals surface area contributed by atoms with Crippen LogP contribution in [0.25, 0.3) is 22.5 Å². The fraction of sp³-hybridized carbons (Fsp3) is 0.370. The highest BCUT2D eigenvalue weighted by Gasteiger charge is 2.65.